The Morgan fingerprint density at radius 1 is 1.23 bits per heavy atom. The molecule has 26 heavy (non-hydrogen) atoms. The maximum absolute atomic E-state index is 12.5. The van der Waals surface area contributed by atoms with Gasteiger partial charge in [0.05, 0.1) is 23.2 Å². The Morgan fingerprint density at radius 2 is 2.08 bits per heavy atom. The van der Waals surface area contributed by atoms with E-state index in [2.05, 4.69) is 30.7 Å². The summed E-state index contributed by atoms with van der Waals surface area (Å²) in [7, 11) is 1.78. The number of anilines is 2. The fourth-order valence-corrected chi connectivity index (χ4v) is 2.95. The Labute approximate surface area is 150 Å². The van der Waals surface area contributed by atoms with Crippen LogP contribution in [0.5, 0.6) is 0 Å². The second kappa shape index (κ2) is 6.07. The molecule has 0 radical (unpaired) electrons. The van der Waals surface area contributed by atoms with Crippen molar-refractivity contribution in [3.05, 3.63) is 53.9 Å². The van der Waals surface area contributed by atoms with E-state index >= 15 is 0 Å². The molecule has 4 rings (SSSR count). The standard InChI is InChI=1S/C18H17N7O/c1-10-4-5-19-7-13(10)14-6-12-15(8-20-14)23-17(26)16(12)11(2)22-18-21-9-25(3)24-18/h4-9H,1-3H3,(H,22,24)(H,23,26). The van der Waals surface area contributed by atoms with Crippen molar-refractivity contribution in [1.82, 2.24) is 24.7 Å². The van der Waals surface area contributed by atoms with E-state index in [1.54, 1.807) is 36.6 Å². The smallest absolute Gasteiger partial charge is 0.258 e. The van der Waals surface area contributed by atoms with Crippen molar-refractivity contribution in [3.63, 3.8) is 0 Å². The molecule has 3 aromatic rings. The molecule has 1 aliphatic rings. The minimum absolute atomic E-state index is 0.178. The molecule has 0 fully saturated rings. The lowest BCUT2D eigenvalue weighted by Crippen LogP contribution is -2.09. The lowest BCUT2D eigenvalue weighted by molar-refractivity contribution is -0.110. The third-order valence-electron chi connectivity index (χ3n) is 4.24. The average molecular weight is 347 g/mol. The molecule has 8 heteroatoms. The number of carbonyl (C=O) groups is 1. The lowest BCUT2D eigenvalue weighted by Gasteiger charge is -2.08. The van der Waals surface area contributed by atoms with Crippen LogP contribution in [0.15, 0.2) is 42.7 Å². The highest BCUT2D eigenvalue weighted by Crippen LogP contribution is 2.36. The maximum Gasteiger partial charge on any atom is 0.258 e. The van der Waals surface area contributed by atoms with Crippen molar-refractivity contribution in [2.45, 2.75) is 13.8 Å². The second-order valence-corrected chi connectivity index (χ2v) is 6.13. The van der Waals surface area contributed by atoms with Crippen molar-refractivity contribution >= 4 is 23.1 Å². The first kappa shape index (κ1) is 15.9. The SMILES string of the molecule is CC(Nc1ncn(C)n1)=C1C(=O)Nc2cnc(-c3cnccc3C)cc21. The first-order chi connectivity index (χ1) is 12.5. The summed E-state index contributed by atoms with van der Waals surface area (Å²) >= 11 is 0. The number of hydrogen-bond acceptors (Lipinski definition) is 6. The maximum atomic E-state index is 12.5. The number of carbonyl (C=O) groups excluding carboxylic acids is 1. The van der Waals surface area contributed by atoms with Crippen LogP contribution in [0.2, 0.25) is 0 Å². The quantitative estimate of drug-likeness (QED) is 0.706. The Balaban J connectivity index is 1.78. The Bertz CT molecular complexity index is 1050. The van der Waals surface area contributed by atoms with E-state index in [0.717, 1.165) is 22.4 Å². The van der Waals surface area contributed by atoms with Gasteiger partial charge in [-0.3, -0.25) is 19.4 Å². The summed E-state index contributed by atoms with van der Waals surface area (Å²) in [6.07, 6.45) is 6.79. The molecule has 1 amide bonds. The summed E-state index contributed by atoms with van der Waals surface area (Å²) in [5.74, 6) is 0.263. The zero-order valence-electron chi connectivity index (χ0n) is 14.6. The highest BCUT2D eigenvalue weighted by molar-refractivity contribution is 6.32. The van der Waals surface area contributed by atoms with Crippen molar-refractivity contribution < 1.29 is 4.79 Å². The van der Waals surface area contributed by atoms with Crippen LogP contribution >= 0.6 is 0 Å². The topological polar surface area (TPSA) is 97.6 Å². The van der Waals surface area contributed by atoms with Crippen LogP contribution in [-0.4, -0.2) is 30.6 Å². The second-order valence-electron chi connectivity index (χ2n) is 6.13. The van der Waals surface area contributed by atoms with Crippen molar-refractivity contribution in [2.24, 2.45) is 7.05 Å². The van der Waals surface area contributed by atoms with E-state index in [4.69, 9.17) is 0 Å². The number of fused-ring (bicyclic) bond motifs is 1. The zero-order chi connectivity index (χ0) is 18.3. The molecule has 2 N–H and O–H groups in total. The fourth-order valence-electron chi connectivity index (χ4n) is 2.95. The van der Waals surface area contributed by atoms with E-state index in [0.29, 0.717) is 22.9 Å². The predicted molar refractivity (Wildman–Crippen MR) is 98.1 cm³/mol. The Morgan fingerprint density at radius 3 is 2.81 bits per heavy atom. The number of pyridine rings is 2. The molecule has 0 atom stereocenters. The lowest BCUT2D eigenvalue weighted by atomic mass is 10.0. The van der Waals surface area contributed by atoms with Crippen molar-refractivity contribution in [1.29, 1.82) is 0 Å². The fraction of sp³-hybridized carbons (Fsp3) is 0.167. The number of nitrogens with one attached hydrogen (secondary N) is 2. The summed E-state index contributed by atoms with van der Waals surface area (Å²) in [5.41, 5.74) is 5.49. The van der Waals surface area contributed by atoms with Crippen molar-refractivity contribution in [2.75, 3.05) is 10.6 Å². The molecular formula is C18H17N7O. The van der Waals surface area contributed by atoms with E-state index in [9.17, 15) is 4.79 Å². The predicted octanol–water partition coefficient (Wildman–Crippen LogP) is 2.38. The number of aryl methyl sites for hydroxylation is 2. The summed E-state index contributed by atoms with van der Waals surface area (Å²) in [6.45, 7) is 3.83. The number of rotatable bonds is 3. The van der Waals surface area contributed by atoms with Gasteiger partial charge < -0.3 is 10.6 Å². The van der Waals surface area contributed by atoms with Gasteiger partial charge in [0.1, 0.15) is 6.33 Å². The van der Waals surface area contributed by atoms with Gasteiger partial charge in [0.2, 0.25) is 5.95 Å². The minimum Gasteiger partial charge on any atom is -0.326 e. The highest BCUT2D eigenvalue weighted by atomic mass is 16.2. The number of amides is 1. The first-order valence-corrected chi connectivity index (χ1v) is 8.09. The van der Waals surface area contributed by atoms with Crippen LogP contribution in [0.4, 0.5) is 11.6 Å². The molecule has 0 saturated carbocycles. The van der Waals surface area contributed by atoms with Crippen LogP contribution in [0.3, 0.4) is 0 Å². The largest absolute Gasteiger partial charge is 0.326 e. The van der Waals surface area contributed by atoms with E-state index < -0.39 is 0 Å². The molecule has 8 nitrogen and oxygen atoms in total. The van der Waals surface area contributed by atoms with Crippen molar-refractivity contribution in [3.8, 4) is 11.3 Å². The summed E-state index contributed by atoms with van der Waals surface area (Å²) < 4.78 is 1.59. The molecule has 0 aromatic carbocycles. The molecule has 0 bridgehead atoms. The summed E-state index contributed by atoms with van der Waals surface area (Å²) in [5, 5.41) is 10.1. The van der Waals surface area contributed by atoms with Crippen LogP contribution in [0.1, 0.15) is 18.1 Å². The molecule has 3 aromatic heterocycles. The molecule has 4 heterocycles. The van der Waals surface area contributed by atoms with Gasteiger partial charge in [0.25, 0.3) is 5.91 Å². The minimum atomic E-state index is -0.178. The molecule has 0 spiro atoms. The van der Waals surface area contributed by atoms with Gasteiger partial charge in [-0.25, -0.2) is 4.98 Å². The zero-order valence-corrected chi connectivity index (χ0v) is 14.6. The number of nitrogens with zero attached hydrogens (tertiary/aromatic N) is 5. The van der Waals surface area contributed by atoms with Gasteiger partial charge in [-0.05, 0) is 31.5 Å². The highest BCUT2D eigenvalue weighted by Gasteiger charge is 2.27. The molecule has 1 aliphatic heterocycles. The summed E-state index contributed by atoms with van der Waals surface area (Å²) in [4.78, 5) is 25.3. The number of allylic oxidation sites excluding steroid dienone is 1. The van der Waals surface area contributed by atoms with Crippen LogP contribution in [0, 0.1) is 6.92 Å². The Kier molecular flexibility index (Phi) is 3.72. The van der Waals surface area contributed by atoms with Crippen LogP contribution in [0.25, 0.3) is 16.8 Å². The molecule has 0 aliphatic carbocycles. The molecule has 0 unspecified atom stereocenters. The molecular weight excluding hydrogens is 330 g/mol. The number of aromatic nitrogens is 5. The van der Waals surface area contributed by atoms with Crippen LogP contribution < -0.4 is 10.6 Å². The van der Waals surface area contributed by atoms with E-state index in [-0.39, 0.29) is 5.91 Å². The van der Waals surface area contributed by atoms with Gasteiger partial charge in [-0.1, -0.05) is 0 Å². The van der Waals surface area contributed by atoms with Crippen LogP contribution in [-0.2, 0) is 11.8 Å². The van der Waals surface area contributed by atoms with E-state index in [1.807, 2.05) is 26.0 Å². The Hall–Kier alpha value is -3.55. The average Bonchev–Trinajstić information content (AvgIpc) is 3.16. The monoisotopic (exact) mass is 347 g/mol. The van der Waals surface area contributed by atoms with Gasteiger partial charge in [-0.2, -0.15) is 0 Å². The molecule has 0 saturated heterocycles. The van der Waals surface area contributed by atoms with Gasteiger partial charge in [0.15, 0.2) is 0 Å². The molecule has 130 valence electrons. The third-order valence-corrected chi connectivity index (χ3v) is 4.24. The van der Waals surface area contributed by atoms with Gasteiger partial charge in [-0.15, -0.1) is 5.10 Å². The normalized spacial score (nSPS) is 14.8. The van der Waals surface area contributed by atoms with E-state index in [1.165, 1.54) is 0 Å². The number of hydrogen-bond donors (Lipinski definition) is 2. The third kappa shape index (κ3) is 2.71. The summed E-state index contributed by atoms with van der Waals surface area (Å²) in [6, 6.07) is 3.84. The van der Waals surface area contributed by atoms with Gasteiger partial charge >= 0.3 is 0 Å². The van der Waals surface area contributed by atoms with Gasteiger partial charge in [0, 0.05) is 36.3 Å². The first-order valence-electron chi connectivity index (χ1n) is 8.09.